The first-order valence-corrected chi connectivity index (χ1v) is 11.2. The van der Waals surface area contributed by atoms with Crippen LogP contribution in [0, 0.1) is 0 Å². The molecule has 2 saturated heterocycles. The molecule has 30 heavy (non-hydrogen) atoms. The summed E-state index contributed by atoms with van der Waals surface area (Å²) >= 11 is 6.00. The molecule has 2 aromatic carbocycles. The van der Waals surface area contributed by atoms with Crippen LogP contribution in [0.25, 0.3) is 0 Å². The Morgan fingerprint density at radius 3 is 2.43 bits per heavy atom. The van der Waals surface area contributed by atoms with Crippen molar-refractivity contribution in [3.8, 4) is 0 Å². The van der Waals surface area contributed by atoms with Crippen molar-refractivity contribution in [2.45, 2.75) is 38.3 Å². The van der Waals surface area contributed by atoms with Crippen LogP contribution in [0.5, 0.6) is 0 Å². The van der Waals surface area contributed by atoms with Gasteiger partial charge in [-0.1, -0.05) is 23.7 Å². The Kier molecular flexibility index (Phi) is 6.93. The number of halogens is 1. The predicted octanol–water partition coefficient (Wildman–Crippen LogP) is 4.73. The van der Waals surface area contributed by atoms with E-state index < -0.39 is 0 Å². The second-order valence-electron chi connectivity index (χ2n) is 8.17. The number of piperidine rings is 1. The van der Waals surface area contributed by atoms with Crippen LogP contribution in [0.1, 0.15) is 37.9 Å². The molecule has 0 radical (unpaired) electrons. The van der Waals surface area contributed by atoms with Crippen LogP contribution in [0.4, 0.5) is 11.4 Å². The number of ether oxygens (including phenoxy) is 1. The third kappa shape index (κ3) is 5.15. The van der Waals surface area contributed by atoms with Crippen molar-refractivity contribution in [3.63, 3.8) is 0 Å². The van der Waals surface area contributed by atoms with Crippen LogP contribution < -0.4 is 10.2 Å². The van der Waals surface area contributed by atoms with Crippen molar-refractivity contribution >= 4 is 28.9 Å². The minimum Gasteiger partial charge on any atom is -0.372 e. The Morgan fingerprint density at radius 1 is 1.03 bits per heavy atom. The van der Waals surface area contributed by atoms with Gasteiger partial charge < -0.3 is 15.0 Å². The number of carbonyl (C=O) groups excluding carboxylic acids is 1. The maximum absolute atomic E-state index is 12.9. The van der Waals surface area contributed by atoms with Crippen molar-refractivity contribution < 1.29 is 9.53 Å². The zero-order valence-corrected chi connectivity index (χ0v) is 18.3. The molecule has 0 bridgehead atoms. The van der Waals surface area contributed by atoms with Crippen LogP contribution in [-0.4, -0.2) is 49.6 Å². The molecule has 2 aliphatic heterocycles. The first kappa shape index (κ1) is 21.2. The molecule has 1 N–H and O–H groups in total. The summed E-state index contributed by atoms with van der Waals surface area (Å²) in [6.07, 6.45) is 3.79. The van der Waals surface area contributed by atoms with E-state index in [1.807, 2.05) is 43.3 Å². The molecule has 5 nitrogen and oxygen atoms in total. The lowest BCUT2D eigenvalue weighted by atomic mass is 10.1. The first-order valence-electron chi connectivity index (χ1n) is 10.9. The normalized spacial score (nSPS) is 21.3. The fraction of sp³-hybridized carbons (Fsp3) is 0.458. The SMILES string of the molecule is C[C@H](C(=O)Nc1ccc(N2CCCCC2)cc1)N1CCO[C@@H](c2ccc(Cl)cc2)C1. The highest BCUT2D eigenvalue weighted by molar-refractivity contribution is 6.30. The van der Waals surface area contributed by atoms with Crippen LogP contribution >= 0.6 is 11.6 Å². The number of morpholine rings is 1. The van der Waals surface area contributed by atoms with E-state index in [0.717, 1.165) is 30.9 Å². The van der Waals surface area contributed by atoms with Gasteiger partial charge in [0.15, 0.2) is 0 Å². The molecule has 2 aliphatic rings. The largest absolute Gasteiger partial charge is 0.372 e. The van der Waals surface area contributed by atoms with Crippen molar-refractivity contribution in [2.75, 3.05) is 43.0 Å². The van der Waals surface area contributed by atoms with Crippen LogP contribution in [0.2, 0.25) is 5.02 Å². The van der Waals surface area contributed by atoms with Crippen molar-refractivity contribution in [1.29, 1.82) is 0 Å². The average molecular weight is 428 g/mol. The highest BCUT2D eigenvalue weighted by atomic mass is 35.5. The number of rotatable bonds is 5. The monoisotopic (exact) mass is 427 g/mol. The summed E-state index contributed by atoms with van der Waals surface area (Å²) in [6.45, 7) is 6.23. The highest BCUT2D eigenvalue weighted by Crippen LogP contribution is 2.26. The number of hydrogen-bond donors (Lipinski definition) is 1. The van der Waals surface area contributed by atoms with E-state index in [9.17, 15) is 4.79 Å². The lowest BCUT2D eigenvalue weighted by molar-refractivity contribution is -0.124. The number of nitrogens with zero attached hydrogens (tertiary/aromatic N) is 2. The zero-order valence-electron chi connectivity index (χ0n) is 17.5. The lowest BCUT2D eigenvalue weighted by Crippen LogP contribution is -2.48. The van der Waals surface area contributed by atoms with Crippen LogP contribution in [0.3, 0.4) is 0 Å². The summed E-state index contributed by atoms with van der Waals surface area (Å²) in [5.74, 6) is 0.0116. The third-order valence-electron chi connectivity index (χ3n) is 6.12. The molecular weight excluding hydrogens is 398 g/mol. The van der Waals surface area contributed by atoms with Crippen LogP contribution in [0.15, 0.2) is 48.5 Å². The highest BCUT2D eigenvalue weighted by Gasteiger charge is 2.28. The first-order chi connectivity index (χ1) is 14.6. The van der Waals surface area contributed by atoms with Gasteiger partial charge in [0, 0.05) is 42.6 Å². The smallest absolute Gasteiger partial charge is 0.241 e. The minimum atomic E-state index is -0.231. The fourth-order valence-electron chi connectivity index (χ4n) is 4.22. The summed E-state index contributed by atoms with van der Waals surface area (Å²) in [6, 6.07) is 15.7. The molecule has 0 aromatic heterocycles. The Bertz CT molecular complexity index is 835. The number of carbonyl (C=O) groups is 1. The summed E-state index contributed by atoms with van der Waals surface area (Å²) < 4.78 is 5.93. The Labute approximate surface area is 184 Å². The van der Waals surface area contributed by atoms with Gasteiger partial charge in [-0.05, 0) is 68.1 Å². The molecule has 2 fully saturated rings. The quantitative estimate of drug-likeness (QED) is 0.749. The van der Waals surface area contributed by atoms with Gasteiger partial charge in [-0.25, -0.2) is 0 Å². The molecule has 0 aliphatic carbocycles. The van der Waals surface area contributed by atoms with E-state index in [-0.39, 0.29) is 18.1 Å². The molecule has 4 rings (SSSR count). The molecule has 160 valence electrons. The number of hydrogen-bond acceptors (Lipinski definition) is 4. The van der Waals surface area contributed by atoms with Gasteiger partial charge in [-0.3, -0.25) is 9.69 Å². The summed E-state index contributed by atoms with van der Waals surface area (Å²) in [7, 11) is 0. The number of anilines is 2. The minimum absolute atomic E-state index is 0.0116. The van der Waals surface area contributed by atoms with Crippen molar-refractivity contribution in [3.05, 3.63) is 59.1 Å². The molecule has 0 unspecified atom stereocenters. The van der Waals surface area contributed by atoms with E-state index in [4.69, 9.17) is 16.3 Å². The maximum atomic E-state index is 12.9. The van der Waals surface area contributed by atoms with Gasteiger partial charge in [-0.15, -0.1) is 0 Å². The van der Waals surface area contributed by atoms with E-state index >= 15 is 0 Å². The number of benzene rings is 2. The molecule has 0 saturated carbocycles. The van der Waals surface area contributed by atoms with Crippen LogP contribution in [-0.2, 0) is 9.53 Å². The molecule has 2 aromatic rings. The van der Waals surface area contributed by atoms with Gasteiger partial charge in [0.1, 0.15) is 0 Å². The second kappa shape index (κ2) is 9.82. The lowest BCUT2D eigenvalue weighted by Gasteiger charge is -2.36. The zero-order chi connectivity index (χ0) is 20.9. The topological polar surface area (TPSA) is 44.8 Å². The van der Waals surface area contributed by atoms with Crippen molar-refractivity contribution in [2.24, 2.45) is 0 Å². The molecule has 1 amide bonds. The predicted molar refractivity (Wildman–Crippen MR) is 122 cm³/mol. The number of nitrogens with one attached hydrogen (secondary N) is 1. The standard InChI is InChI=1S/C24H30ClN3O2/c1-18(28-15-16-30-23(17-28)19-5-7-20(25)8-6-19)24(29)26-21-9-11-22(12-10-21)27-13-3-2-4-14-27/h5-12,18,23H,2-4,13-17H2,1H3,(H,26,29)/t18-,23-/m1/s1. The summed E-state index contributed by atoms with van der Waals surface area (Å²) in [5.41, 5.74) is 3.17. The van der Waals surface area contributed by atoms with Gasteiger partial charge in [0.25, 0.3) is 0 Å². The molecular formula is C24H30ClN3O2. The maximum Gasteiger partial charge on any atom is 0.241 e. The van der Waals surface area contributed by atoms with Gasteiger partial charge in [-0.2, -0.15) is 0 Å². The van der Waals surface area contributed by atoms with Gasteiger partial charge >= 0.3 is 0 Å². The summed E-state index contributed by atoms with van der Waals surface area (Å²) in [5, 5.41) is 3.79. The fourth-order valence-corrected chi connectivity index (χ4v) is 4.35. The molecule has 2 atom stereocenters. The average Bonchev–Trinajstić information content (AvgIpc) is 2.80. The summed E-state index contributed by atoms with van der Waals surface area (Å²) in [4.78, 5) is 17.5. The number of amides is 1. The third-order valence-corrected chi connectivity index (χ3v) is 6.37. The van der Waals surface area contributed by atoms with E-state index in [1.54, 1.807) is 0 Å². The van der Waals surface area contributed by atoms with Gasteiger partial charge in [0.05, 0.1) is 18.8 Å². The van der Waals surface area contributed by atoms with E-state index in [2.05, 4.69) is 27.2 Å². The molecule has 6 heteroatoms. The second-order valence-corrected chi connectivity index (χ2v) is 8.60. The molecule has 2 heterocycles. The molecule has 0 spiro atoms. The Balaban J connectivity index is 1.34. The Hall–Kier alpha value is -2.08. The van der Waals surface area contributed by atoms with Gasteiger partial charge in [0.2, 0.25) is 5.91 Å². The van der Waals surface area contributed by atoms with E-state index in [1.165, 1.54) is 24.9 Å². The van der Waals surface area contributed by atoms with E-state index in [0.29, 0.717) is 18.2 Å². The Morgan fingerprint density at radius 2 is 1.73 bits per heavy atom. The van der Waals surface area contributed by atoms with Crippen molar-refractivity contribution in [1.82, 2.24) is 4.90 Å².